The Hall–Kier alpha value is -2.76. The zero-order chi connectivity index (χ0) is 20.0. The highest BCUT2D eigenvalue weighted by Crippen LogP contribution is 2.46. The van der Waals surface area contributed by atoms with Gasteiger partial charge in [0.1, 0.15) is 11.6 Å². The first-order valence-corrected chi connectivity index (χ1v) is 10.4. The number of pyridine rings is 1. The second-order valence-electron chi connectivity index (χ2n) is 8.46. The van der Waals surface area contributed by atoms with Gasteiger partial charge in [0, 0.05) is 18.2 Å². The summed E-state index contributed by atoms with van der Waals surface area (Å²) in [4.78, 5) is 31.7. The van der Waals surface area contributed by atoms with Crippen LogP contribution in [0.25, 0.3) is 0 Å². The van der Waals surface area contributed by atoms with Gasteiger partial charge in [-0.1, -0.05) is 18.6 Å². The molecule has 0 bridgehead atoms. The van der Waals surface area contributed by atoms with Crippen LogP contribution in [0.1, 0.15) is 49.7 Å². The van der Waals surface area contributed by atoms with E-state index >= 15 is 0 Å². The maximum Gasteiger partial charge on any atom is 0.236 e. The number of fused-ring (bicyclic) bond motifs is 1. The quantitative estimate of drug-likeness (QED) is 0.855. The molecule has 0 saturated heterocycles. The van der Waals surface area contributed by atoms with Crippen LogP contribution in [-0.2, 0) is 21.4 Å². The van der Waals surface area contributed by atoms with E-state index < -0.39 is 11.2 Å². The summed E-state index contributed by atoms with van der Waals surface area (Å²) in [6.45, 7) is 0.781. The molecule has 150 valence electrons. The minimum absolute atomic E-state index is 0.0930. The standard InChI is InChI=1S/C23H24FN3O2/c24-18-7-9-20(25-14-18)26-22(29)23(10-2-11-23)17-6-8-19-16(13-17)3-1-12-27(19)21(28)15-4-5-15/h6-9,13-15H,1-5,10-12H2,(H,25,26,29). The maximum atomic E-state index is 13.1. The van der Waals surface area contributed by atoms with Crippen LogP contribution in [0.15, 0.2) is 36.5 Å². The number of nitrogens with one attached hydrogen (secondary N) is 1. The topological polar surface area (TPSA) is 62.3 Å². The summed E-state index contributed by atoms with van der Waals surface area (Å²) in [5.41, 5.74) is 2.59. The van der Waals surface area contributed by atoms with E-state index in [1.165, 1.54) is 12.1 Å². The van der Waals surface area contributed by atoms with Gasteiger partial charge in [-0.05, 0) is 67.9 Å². The second kappa shape index (κ2) is 6.94. The van der Waals surface area contributed by atoms with Crippen molar-refractivity contribution in [2.45, 2.75) is 50.4 Å². The van der Waals surface area contributed by atoms with Crippen LogP contribution >= 0.6 is 0 Å². The number of benzene rings is 1. The fourth-order valence-corrected chi connectivity index (χ4v) is 4.54. The molecule has 2 aromatic rings. The Bertz CT molecular complexity index is 965. The molecule has 29 heavy (non-hydrogen) atoms. The summed E-state index contributed by atoms with van der Waals surface area (Å²) in [6.07, 6.45) is 7.55. The lowest BCUT2D eigenvalue weighted by atomic mass is 9.63. The van der Waals surface area contributed by atoms with Gasteiger partial charge in [-0.2, -0.15) is 0 Å². The molecule has 1 aromatic heterocycles. The monoisotopic (exact) mass is 393 g/mol. The Labute approximate surface area is 169 Å². The highest BCUT2D eigenvalue weighted by atomic mass is 19.1. The molecule has 2 saturated carbocycles. The number of carbonyl (C=O) groups is 2. The van der Waals surface area contributed by atoms with Gasteiger partial charge in [0.05, 0.1) is 11.6 Å². The lowest BCUT2D eigenvalue weighted by molar-refractivity contribution is -0.124. The van der Waals surface area contributed by atoms with E-state index in [1.54, 1.807) is 0 Å². The molecule has 6 heteroatoms. The van der Waals surface area contributed by atoms with Gasteiger partial charge < -0.3 is 10.2 Å². The number of nitrogens with zero attached hydrogens (tertiary/aromatic N) is 2. The zero-order valence-corrected chi connectivity index (χ0v) is 16.3. The van der Waals surface area contributed by atoms with Gasteiger partial charge in [-0.25, -0.2) is 9.37 Å². The highest BCUT2D eigenvalue weighted by molar-refractivity contribution is 6.00. The van der Waals surface area contributed by atoms with Gasteiger partial charge in [0.25, 0.3) is 0 Å². The Morgan fingerprint density at radius 2 is 1.97 bits per heavy atom. The first kappa shape index (κ1) is 18.3. The molecule has 0 atom stereocenters. The normalized spacial score (nSPS) is 19.8. The largest absolute Gasteiger partial charge is 0.312 e. The van der Waals surface area contributed by atoms with Crippen molar-refractivity contribution in [2.24, 2.45) is 5.92 Å². The number of anilines is 2. The average Bonchev–Trinajstić information content (AvgIpc) is 3.53. The van der Waals surface area contributed by atoms with Gasteiger partial charge >= 0.3 is 0 Å². The molecular weight excluding hydrogens is 369 g/mol. The van der Waals surface area contributed by atoms with Crippen LogP contribution in [0.3, 0.4) is 0 Å². The van der Waals surface area contributed by atoms with Crippen molar-refractivity contribution < 1.29 is 14.0 Å². The Morgan fingerprint density at radius 3 is 2.62 bits per heavy atom. The molecule has 1 aliphatic heterocycles. The minimum atomic E-state index is -0.576. The predicted octanol–water partition coefficient (Wildman–Crippen LogP) is 3.97. The van der Waals surface area contributed by atoms with E-state index in [4.69, 9.17) is 0 Å². The van der Waals surface area contributed by atoms with Gasteiger partial charge in [-0.3, -0.25) is 9.59 Å². The molecule has 2 amide bonds. The van der Waals surface area contributed by atoms with Crippen molar-refractivity contribution in [3.63, 3.8) is 0 Å². The third-order valence-corrected chi connectivity index (χ3v) is 6.55. The third kappa shape index (κ3) is 3.20. The summed E-state index contributed by atoms with van der Waals surface area (Å²) >= 11 is 0. The Kier molecular flexibility index (Phi) is 4.37. The summed E-state index contributed by atoms with van der Waals surface area (Å²) in [5.74, 6) is 0.289. The summed E-state index contributed by atoms with van der Waals surface area (Å²) in [5, 5.41) is 2.86. The van der Waals surface area contributed by atoms with Gasteiger partial charge in [0.2, 0.25) is 11.8 Å². The minimum Gasteiger partial charge on any atom is -0.312 e. The molecule has 2 heterocycles. The predicted molar refractivity (Wildman–Crippen MR) is 108 cm³/mol. The zero-order valence-electron chi connectivity index (χ0n) is 16.3. The molecular formula is C23H24FN3O2. The lowest BCUT2D eigenvalue weighted by Crippen LogP contribution is -2.46. The van der Waals surface area contributed by atoms with Crippen molar-refractivity contribution in [1.29, 1.82) is 0 Å². The molecule has 0 unspecified atom stereocenters. The van der Waals surface area contributed by atoms with Crippen LogP contribution in [-0.4, -0.2) is 23.3 Å². The second-order valence-corrected chi connectivity index (χ2v) is 8.46. The Balaban J connectivity index is 1.42. The lowest BCUT2D eigenvalue weighted by Gasteiger charge is -2.41. The fraction of sp³-hybridized carbons (Fsp3) is 0.435. The number of amides is 2. The van der Waals surface area contributed by atoms with Crippen molar-refractivity contribution in [1.82, 2.24) is 4.98 Å². The van der Waals surface area contributed by atoms with Gasteiger partial charge in [0.15, 0.2) is 0 Å². The third-order valence-electron chi connectivity index (χ3n) is 6.55. The van der Waals surface area contributed by atoms with E-state index in [0.29, 0.717) is 5.82 Å². The smallest absolute Gasteiger partial charge is 0.236 e. The van der Waals surface area contributed by atoms with Crippen LogP contribution < -0.4 is 10.2 Å². The first-order valence-electron chi connectivity index (χ1n) is 10.4. The molecule has 1 N–H and O–H groups in total. The maximum absolute atomic E-state index is 13.1. The average molecular weight is 393 g/mol. The van der Waals surface area contributed by atoms with Gasteiger partial charge in [-0.15, -0.1) is 0 Å². The number of rotatable bonds is 4. The number of carbonyl (C=O) groups excluding carboxylic acids is 2. The first-order chi connectivity index (χ1) is 14.1. The van der Waals surface area contributed by atoms with Crippen molar-refractivity contribution >= 4 is 23.3 Å². The van der Waals surface area contributed by atoms with Crippen LogP contribution in [0.2, 0.25) is 0 Å². The number of aromatic nitrogens is 1. The molecule has 3 aliphatic rings. The van der Waals surface area contributed by atoms with Crippen molar-refractivity contribution in [3.8, 4) is 0 Å². The number of aryl methyl sites for hydroxylation is 1. The van der Waals surface area contributed by atoms with E-state index in [-0.39, 0.29) is 17.7 Å². The highest BCUT2D eigenvalue weighted by Gasteiger charge is 2.46. The van der Waals surface area contributed by atoms with E-state index in [9.17, 15) is 14.0 Å². The molecule has 2 fully saturated rings. The summed E-state index contributed by atoms with van der Waals surface area (Å²) < 4.78 is 13.1. The molecule has 2 aliphatic carbocycles. The fourth-order valence-electron chi connectivity index (χ4n) is 4.54. The SMILES string of the molecule is O=C(C1CC1)N1CCCc2cc(C3(C(=O)Nc4ccc(F)cn4)CCC3)ccc21. The van der Waals surface area contributed by atoms with Crippen LogP contribution in [0, 0.1) is 11.7 Å². The molecule has 0 radical (unpaired) electrons. The molecule has 1 aromatic carbocycles. The molecule has 5 nitrogen and oxygen atoms in total. The number of hydrogen-bond acceptors (Lipinski definition) is 3. The van der Waals surface area contributed by atoms with E-state index in [2.05, 4.69) is 16.4 Å². The van der Waals surface area contributed by atoms with Crippen molar-refractivity contribution in [2.75, 3.05) is 16.8 Å². The van der Waals surface area contributed by atoms with E-state index in [1.807, 2.05) is 17.0 Å². The number of hydrogen-bond donors (Lipinski definition) is 1. The van der Waals surface area contributed by atoms with Crippen LogP contribution in [0.4, 0.5) is 15.9 Å². The van der Waals surface area contributed by atoms with Crippen LogP contribution in [0.5, 0.6) is 0 Å². The Morgan fingerprint density at radius 1 is 1.14 bits per heavy atom. The summed E-state index contributed by atoms with van der Waals surface area (Å²) in [6, 6.07) is 8.93. The van der Waals surface area contributed by atoms with Crippen molar-refractivity contribution in [3.05, 3.63) is 53.5 Å². The summed E-state index contributed by atoms with van der Waals surface area (Å²) in [7, 11) is 0. The number of halogens is 1. The van der Waals surface area contributed by atoms with E-state index in [0.717, 1.165) is 74.5 Å². The molecule has 5 rings (SSSR count). The molecule has 0 spiro atoms.